The molecule has 0 fully saturated rings. The molecular weight excluding hydrogens is 232 g/mol. The highest BCUT2D eigenvalue weighted by atomic mass is 16.1. The largest absolute Gasteiger partial charge is 0.299 e. The average molecular weight is 260 g/mol. The lowest BCUT2D eigenvalue weighted by Gasteiger charge is -2.16. The first-order valence-electron chi connectivity index (χ1n) is 7.59. The summed E-state index contributed by atoms with van der Waals surface area (Å²) in [4.78, 5) is 12.5. The molecule has 0 aromatic heterocycles. The fourth-order valence-corrected chi connectivity index (χ4v) is 2.97. The number of aryl methyl sites for hydroxylation is 3. The van der Waals surface area contributed by atoms with E-state index in [0.717, 1.165) is 25.7 Å². The lowest BCUT2D eigenvalue weighted by molar-refractivity contribution is -0.122. The molecule has 0 aliphatic rings. The summed E-state index contributed by atoms with van der Waals surface area (Å²) in [6.45, 7) is 10.7. The number of Topliss-reactive ketones (excluding diaryl/α,β-unsaturated/α-hetero) is 1. The maximum atomic E-state index is 12.5. The summed E-state index contributed by atoms with van der Waals surface area (Å²) >= 11 is 0. The topological polar surface area (TPSA) is 17.1 Å². The Hall–Kier alpha value is -1.11. The second-order valence-corrected chi connectivity index (χ2v) is 5.79. The zero-order valence-electron chi connectivity index (χ0n) is 13.2. The van der Waals surface area contributed by atoms with Gasteiger partial charge >= 0.3 is 0 Å². The first-order chi connectivity index (χ1) is 8.99. The molecule has 0 saturated carbocycles. The third-order valence-corrected chi connectivity index (χ3v) is 3.92. The van der Waals surface area contributed by atoms with Crippen LogP contribution in [0.1, 0.15) is 61.8 Å². The van der Waals surface area contributed by atoms with Gasteiger partial charge in [-0.2, -0.15) is 0 Å². The predicted molar refractivity (Wildman–Crippen MR) is 82.7 cm³/mol. The van der Waals surface area contributed by atoms with Crippen molar-refractivity contribution in [3.8, 4) is 0 Å². The Morgan fingerprint density at radius 3 is 1.89 bits per heavy atom. The van der Waals surface area contributed by atoms with Gasteiger partial charge in [0.25, 0.3) is 0 Å². The van der Waals surface area contributed by atoms with Gasteiger partial charge in [-0.1, -0.05) is 44.4 Å². The van der Waals surface area contributed by atoms with Crippen LogP contribution in [0.5, 0.6) is 0 Å². The van der Waals surface area contributed by atoms with Gasteiger partial charge in [0.2, 0.25) is 0 Å². The van der Waals surface area contributed by atoms with Crippen LogP contribution in [0.4, 0.5) is 0 Å². The predicted octanol–water partition coefficient (Wildman–Crippen LogP) is 4.94. The molecule has 1 nitrogen and oxygen atoms in total. The van der Waals surface area contributed by atoms with Crippen molar-refractivity contribution in [1.82, 2.24) is 0 Å². The fraction of sp³-hybridized carbons (Fsp3) is 0.611. The summed E-state index contributed by atoms with van der Waals surface area (Å²) in [5.74, 6) is 0.689. The molecule has 0 bridgehead atoms. The van der Waals surface area contributed by atoms with Gasteiger partial charge in [-0.15, -0.1) is 0 Å². The molecule has 106 valence electrons. The Kier molecular flexibility index (Phi) is 6.27. The number of benzene rings is 1. The van der Waals surface area contributed by atoms with E-state index in [9.17, 15) is 4.79 Å². The molecule has 0 saturated heterocycles. The first-order valence-corrected chi connectivity index (χ1v) is 7.59. The van der Waals surface area contributed by atoms with Crippen molar-refractivity contribution in [3.05, 3.63) is 34.4 Å². The van der Waals surface area contributed by atoms with Gasteiger partial charge in [-0.25, -0.2) is 0 Å². The second-order valence-electron chi connectivity index (χ2n) is 5.79. The van der Waals surface area contributed by atoms with Crippen molar-refractivity contribution >= 4 is 5.78 Å². The quantitative estimate of drug-likeness (QED) is 0.678. The summed E-state index contributed by atoms with van der Waals surface area (Å²) < 4.78 is 0. The van der Waals surface area contributed by atoms with E-state index in [1.807, 2.05) is 0 Å². The van der Waals surface area contributed by atoms with Gasteiger partial charge in [0.05, 0.1) is 0 Å². The SMILES string of the molecule is CCCC(CCC)C(=O)Cc1c(C)cc(C)cc1C. The van der Waals surface area contributed by atoms with Crippen molar-refractivity contribution in [2.24, 2.45) is 5.92 Å². The van der Waals surface area contributed by atoms with Crippen LogP contribution in [0, 0.1) is 26.7 Å². The molecule has 0 unspecified atom stereocenters. The minimum atomic E-state index is 0.259. The van der Waals surface area contributed by atoms with Gasteiger partial charge in [-0.3, -0.25) is 4.79 Å². The zero-order chi connectivity index (χ0) is 14.4. The zero-order valence-corrected chi connectivity index (χ0v) is 13.2. The van der Waals surface area contributed by atoms with Gasteiger partial charge in [0.1, 0.15) is 5.78 Å². The van der Waals surface area contributed by atoms with Crippen LogP contribution >= 0.6 is 0 Å². The lowest BCUT2D eigenvalue weighted by Crippen LogP contribution is -2.18. The number of carbonyl (C=O) groups excluding carboxylic acids is 1. The molecule has 0 spiro atoms. The van der Waals surface area contributed by atoms with E-state index in [0.29, 0.717) is 12.2 Å². The third-order valence-electron chi connectivity index (χ3n) is 3.92. The molecule has 0 N–H and O–H groups in total. The summed E-state index contributed by atoms with van der Waals surface area (Å²) in [6.07, 6.45) is 4.89. The molecule has 0 atom stereocenters. The highest BCUT2D eigenvalue weighted by Gasteiger charge is 2.18. The molecule has 0 aliphatic heterocycles. The molecule has 1 aromatic rings. The minimum Gasteiger partial charge on any atom is -0.299 e. The molecule has 0 heterocycles. The Balaban J connectivity index is 2.86. The summed E-state index contributed by atoms with van der Waals surface area (Å²) in [5.41, 5.74) is 5.05. The Morgan fingerprint density at radius 2 is 1.47 bits per heavy atom. The van der Waals surface area contributed by atoms with E-state index in [1.165, 1.54) is 22.3 Å². The Labute approximate surface area is 118 Å². The number of ketones is 1. The molecule has 19 heavy (non-hydrogen) atoms. The van der Waals surface area contributed by atoms with E-state index in [4.69, 9.17) is 0 Å². The molecule has 0 amide bonds. The summed E-state index contributed by atoms with van der Waals surface area (Å²) in [6, 6.07) is 4.37. The number of carbonyl (C=O) groups is 1. The molecule has 1 rings (SSSR count). The van der Waals surface area contributed by atoms with E-state index in [-0.39, 0.29) is 5.92 Å². The van der Waals surface area contributed by atoms with Crippen LogP contribution in [-0.2, 0) is 11.2 Å². The van der Waals surface area contributed by atoms with Crippen molar-refractivity contribution < 1.29 is 4.79 Å². The van der Waals surface area contributed by atoms with Crippen LogP contribution in [0.15, 0.2) is 12.1 Å². The van der Waals surface area contributed by atoms with E-state index < -0.39 is 0 Å². The molecule has 0 aliphatic carbocycles. The van der Waals surface area contributed by atoms with Gasteiger partial charge in [-0.05, 0) is 50.3 Å². The molecule has 0 radical (unpaired) electrons. The number of hydrogen-bond donors (Lipinski definition) is 0. The minimum absolute atomic E-state index is 0.259. The Morgan fingerprint density at radius 1 is 1.00 bits per heavy atom. The lowest BCUT2D eigenvalue weighted by atomic mass is 9.87. The van der Waals surface area contributed by atoms with Gasteiger partial charge in [0.15, 0.2) is 0 Å². The van der Waals surface area contributed by atoms with Crippen molar-refractivity contribution in [2.45, 2.75) is 66.7 Å². The molecule has 1 aromatic carbocycles. The van der Waals surface area contributed by atoms with Crippen LogP contribution < -0.4 is 0 Å². The number of hydrogen-bond acceptors (Lipinski definition) is 1. The first kappa shape index (κ1) is 15.9. The van der Waals surface area contributed by atoms with Crippen LogP contribution in [0.25, 0.3) is 0 Å². The van der Waals surface area contributed by atoms with Crippen LogP contribution in [0.2, 0.25) is 0 Å². The highest BCUT2D eigenvalue weighted by Crippen LogP contribution is 2.22. The highest BCUT2D eigenvalue weighted by molar-refractivity contribution is 5.83. The Bertz CT molecular complexity index is 402. The van der Waals surface area contributed by atoms with Crippen molar-refractivity contribution in [3.63, 3.8) is 0 Å². The van der Waals surface area contributed by atoms with E-state index in [2.05, 4.69) is 46.8 Å². The van der Waals surface area contributed by atoms with E-state index >= 15 is 0 Å². The summed E-state index contributed by atoms with van der Waals surface area (Å²) in [7, 11) is 0. The summed E-state index contributed by atoms with van der Waals surface area (Å²) in [5, 5.41) is 0. The maximum Gasteiger partial charge on any atom is 0.140 e. The number of rotatable bonds is 7. The van der Waals surface area contributed by atoms with Gasteiger partial charge < -0.3 is 0 Å². The standard InChI is InChI=1S/C18H28O/c1-6-8-16(9-7-2)18(19)12-17-14(4)10-13(3)11-15(17)5/h10-11,16H,6-9,12H2,1-5H3. The molecule has 1 heteroatoms. The van der Waals surface area contributed by atoms with Gasteiger partial charge in [0, 0.05) is 12.3 Å². The smallest absolute Gasteiger partial charge is 0.140 e. The van der Waals surface area contributed by atoms with Crippen molar-refractivity contribution in [2.75, 3.05) is 0 Å². The molecular formula is C18H28O. The van der Waals surface area contributed by atoms with Crippen LogP contribution in [-0.4, -0.2) is 5.78 Å². The monoisotopic (exact) mass is 260 g/mol. The fourth-order valence-electron chi connectivity index (χ4n) is 2.97. The average Bonchev–Trinajstić information content (AvgIpc) is 2.33. The third kappa shape index (κ3) is 4.49. The van der Waals surface area contributed by atoms with Crippen molar-refractivity contribution in [1.29, 1.82) is 0 Å². The van der Waals surface area contributed by atoms with Crippen LogP contribution in [0.3, 0.4) is 0 Å². The second kappa shape index (κ2) is 7.47. The normalized spacial score (nSPS) is 11.1. The van der Waals surface area contributed by atoms with E-state index in [1.54, 1.807) is 0 Å². The maximum absolute atomic E-state index is 12.5.